The third-order valence-corrected chi connectivity index (χ3v) is 6.35. The van der Waals surface area contributed by atoms with Crippen LogP contribution in [0.5, 0.6) is 0 Å². The summed E-state index contributed by atoms with van der Waals surface area (Å²) in [5.41, 5.74) is 0.851. The summed E-state index contributed by atoms with van der Waals surface area (Å²) in [5.74, 6) is -2.06. The fourth-order valence-electron chi connectivity index (χ4n) is 3.97. The van der Waals surface area contributed by atoms with Crippen molar-refractivity contribution in [3.05, 3.63) is 11.6 Å². The van der Waals surface area contributed by atoms with Crippen molar-refractivity contribution in [2.24, 2.45) is 0 Å². The Morgan fingerprint density at radius 1 is 1.29 bits per heavy atom. The van der Waals surface area contributed by atoms with Crippen LogP contribution in [-0.2, 0) is 23.5 Å². The molecule has 2 aromatic rings. The Bertz CT molecular complexity index is 1030. The highest BCUT2D eigenvalue weighted by Gasteiger charge is 2.60. The number of hydrogen-bond acceptors (Lipinski definition) is 9. The van der Waals surface area contributed by atoms with E-state index in [1.54, 1.807) is 18.4 Å². The summed E-state index contributed by atoms with van der Waals surface area (Å²) in [5, 5.41) is 3.19. The maximum absolute atomic E-state index is 12.0. The fraction of sp³-hybridized carbons (Fsp3) is 0.706. The summed E-state index contributed by atoms with van der Waals surface area (Å²) in [7, 11) is -3.46. The molecule has 2 aromatic heterocycles. The Hall–Kier alpha value is -1.37. The van der Waals surface area contributed by atoms with E-state index in [1.165, 1.54) is 13.4 Å². The molecule has 2 aliphatic rings. The summed E-state index contributed by atoms with van der Waals surface area (Å²) >= 11 is 6.14. The lowest BCUT2D eigenvalue weighted by molar-refractivity contribution is -0.204. The van der Waals surface area contributed by atoms with Gasteiger partial charge in [0.25, 0.3) is 0 Å². The van der Waals surface area contributed by atoms with Crippen LogP contribution in [0.4, 0.5) is 5.82 Å². The lowest BCUT2D eigenvalue weighted by Gasteiger charge is -2.28. The maximum atomic E-state index is 12.0. The van der Waals surface area contributed by atoms with E-state index in [4.69, 9.17) is 30.5 Å². The SMILES string of the molecule is COC([C@@H]1O[C@@H](n2cnc3c(NC(C)C)nc(Cl)nc32)[C@@H]2OC(C)(C)O[C@H]21)P(=O)(O)O. The first-order chi connectivity index (χ1) is 14.4. The Balaban J connectivity index is 1.78. The van der Waals surface area contributed by atoms with Crippen LogP contribution in [0.1, 0.15) is 33.9 Å². The van der Waals surface area contributed by atoms with Gasteiger partial charge in [0.2, 0.25) is 5.28 Å². The van der Waals surface area contributed by atoms with Gasteiger partial charge < -0.3 is 34.1 Å². The third-order valence-electron chi connectivity index (χ3n) is 5.01. The smallest absolute Gasteiger partial charge is 0.356 e. The van der Waals surface area contributed by atoms with Crippen LogP contribution in [0.25, 0.3) is 11.2 Å². The van der Waals surface area contributed by atoms with E-state index in [0.717, 1.165) is 0 Å². The number of rotatable bonds is 6. The zero-order valence-corrected chi connectivity index (χ0v) is 19.2. The average Bonchev–Trinajstić information content (AvgIpc) is 3.25. The van der Waals surface area contributed by atoms with Gasteiger partial charge in [0.15, 0.2) is 34.8 Å². The van der Waals surface area contributed by atoms with Gasteiger partial charge in [-0.3, -0.25) is 9.13 Å². The van der Waals surface area contributed by atoms with Gasteiger partial charge in [-0.05, 0) is 39.3 Å². The van der Waals surface area contributed by atoms with Gasteiger partial charge in [0.05, 0.1) is 6.33 Å². The number of nitrogens with zero attached hydrogens (tertiary/aromatic N) is 4. The monoisotopic (exact) mass is 477 g/mol. The third kappa shape index (κ3) is 4.19. The Morgan fingerprint density at radius 3 is 2.58 bits per heavy atom. The number of nitrogens with one attached hydrogen (secondary N) is 1. The predicted molar refractivity (Wildman–Crippen MR) is 110 cm³/mol. The van der Waals surface area contributed by atoms with Crippen molar-refractivity contribution in [1.82, 2.24) is 19.5 Å². The molecule has 2 aliphatic heterocycles. The zero-order valence-electron chi connectivity index (χ0n) is 17.6. The minimum absolute atomic E-state index is 0.0115. The largest absolute Gasteiger partial charge is 0.366 e. The summed E-state index contributed by atoms with van der Waals surface area (Å²) in [6, 6.07) is 0.0777. The standard InChI is InChI=1S/C17H25ClN5O7P/c1-7(2)20-12-8-13(22-16(18)21-12)23(6-19-8)14-10-9(29-17(3,4)30-10)11(28-14)15(27-5)31(24,25)26/h6-7,9-11,14-15H,1-5H3,(H,20,21,22)(H2,24,25,26)/t9-,10-,11-,14-,15?/m1/s1. The molecule has 0 saturated carbocycles. The number of methoxy groups -OCH3 is 1. The van der Waals surface area contributed by atoms with Crippen molar-refractivity contribution >= 4 is 36.2 Å². The van der Waals surface area contributed by atoms with Crippen molar-refractivity contribution in [3.8, 4) is 0 Å². The number of fused-ring (bicyclic) bond motifs is 2. The number of ether oxygens (including phenoxy) is 4. The Labute approximate surface area is 183 Å². The van der Waals surface area contributed by atoms with Crippen molar-refractivity contribution in [1.29, 1.82) is 0 Å². The van der Waals surface area contributed by atoms with Crippen molar-refractivity contribution in [2.75, 3.05) is 12.4 Å². The Kier molecular flexibility index (Phi) is 5.81. The highest BCUT2D eigenvalue weighted by Crippen LogP contribution is 2.52. The second kappa shape index (κ2) is 7.89. The first-order valence-corrected chi connectivity index (χ1v) is 11.7. The van der Waals surface area contributed by atoms with E-state index in [2.05, 4.69) is 20.3 Å². The van der Waals surface area contributed by atoms with E-state index in [-0.39, 0.29) is 11.3 Å². The molecule has 0 aromatic carbocycles. The van der Waals surface area contributed by atoms with E-state index in [1.807, 2.05) is 13.8 Å². The van der Waals surface area contributed by atoms with Crippen LogP contribution in [-0.4, -0.2) is 72.4 Å². The van der Waals surface area contributed by atoms with Crippen LogP contribution in [0, 0.1) is 0 Å². The topological polar surface area (TPSA) is 150 Å². The molecule has 0 radical (unpaired) electrons. The van der Waals surface area contributed by atoms with Crippen LogP contribution < -0.4 is 5.32 Å². The lowest BCUT2D eigenvalue weighted by atomic mass is 10.1. The molecule has 2 saturated heterocycles. The van der Waals surface area contributed by atoms with Crippen molar-refractivity contribution < 1.29 is 33.3 Å². The quantitative estimate of drug-likeness (QED) is 0.413. The van der Waals surface area contributed by atoms with E-state index < -0.39 is 43.8 Å². The molecule has 5 atom stereocenters. The average molecular weight is 478 g/mol. The number of hydrogen-bond donors (Lipinski definition) is 3. The first kappa shape index (κ1) is 22.8. The zero-order chi connectivity index (χ0) is 22.7. The number of halogens is 1. The van der Waals surface area contributed by atoms with E-state index in [9.17, 15) is 14.4 Å². The maximum Gasteiger partial charge on any atom is 0.356 e. The molecule has 3 N–H and O–H groups in total. The van der Waals surface area contributed by atoms with Gasteiger partial charge in [-0.1, -0.05) is 0 Å². The lowest BCUT2D eigenvalue weighted by Crippen LogP contribution is -2.39. The molecule has 0 aliphatic carbocycles. The summed E-state index contributed by atoms with van der Waals surface area (Å²) in [6.07, 6.45) is -1.92. The molecular weight excluding hydrogens is 453 g/mol. The highest BCUT2D eigenvalue weighted by atomic mass is 35.5. The molecule has 0 spiro atoms. The number of aromatic nitrogens is 4. The van der Waals surface area contributed by atoms with Crippen molar-refractivity contribution in [3.63, 3.8) is 0 Å². The van der Waals surface area contributed by atoms with E-state index >= 15 is 0 Å². The molecule has 2 fully saturated rings. The first-order valence-electron chi connectivity index (χ1n) is 9.67. The molecule has 4 heterocycles. The minimum Gasteiger partial charge on any atom is -0.366 e. The van der Waals surface area contributed by atoms with E-state index in [0.29, 0.717) is 17.0 Å². The summed E-state index contributed by atoms with van der Waals surface area (Å²) < 4.78 is 36.7. The fourth-order valence-corrected chi connectivity index (χ4v) is 5.04. The molecule has 4 rings (SSSR count). The Morgan fingerprint density at radius 2 is 1.97 bits per heavy atom. The molecule has 1 unspecified atom stereocenters. The van der Waals surface area contributed by atoms with Gasteiger partial charge in [0, 0.05) is 13.2 Å². The highest BCUT2D eigenvalue weighted by molar-refractivity contribution is 7.52. The van der Waals surface area contributed by atoms with Gasteiger partial charge in [0.1, 0.15) is 18.3 Å². The number of imidazole rings is 1. The van der Waals surface area contributed by atoms with Crippen LogP contribution in [0.2, 0.25) is 5.28 Å². The molecule has 172 valence electrons. The van der Waals surface area contributed by atoms with Crippen molar-refractivity contribution in [2.45, 2.75) is 69.9 Å². The van der Waals surface area contributed by atoms with Gasteiger partial charge in [-0.25, -0.2) is 4.98 Å². The molecule has 0 amide bonds. The van der Waals surface area contributed by atoms with Crippen LogP contribution >= 0.6 is 19.2 Å². The van der Waals surface area contributed by atoms with Crippen LogP contribution in [0.3, 0.4) is 0 Å². The summed E-state index contributed by atoms with van der Waals surface area (Å²) in [6.45, 7) is 7.34. The molecule has 12 nitrogen and oxygen atoms in total. The molecular formula is C17H25ClN5O7P. The van der Waals surface area contributed by atoms with Gasteiger partial charge >= 0.3 is 7.60 Å². The predicted octanol–water partition coefficient (Wildman–Crippen LogP) is 1.87. The number of anilines is 1. The van der Waals surface area contributed by atoms with Gasteiger partial charge in [-0.2, -0.15) is 9.97 Å². The molecule has 31 heavy (non-hydrogen) atoms. The molecule has 0 bridgehead atoms. The summed E-state index contributed by atoms with van der Waals surface area (Å²) in [4.78, 5) is 32.5. The van der Waals surface area contributed by atoms with Crippen LogP contribution in [0.15, 0.2) is 6.33 Å². The molecule has 14 heteroatoms. The van der Waals surface area contributed by atoms with Gasteiger partial charge in [-0.15, -0.1) is 0 Å². The minimum atomic E-state index is -4.66. The second-order valence-electron chi connectivity index (χ2n) is 8.24. The second-order valence-corrected chi connectivity index (χ2v) is 10.3. The normalized spacial score (nSPS) is 28.9.